The van der Waals surface area contributed by atoms with Crippen molar-refractivity contribution in [1.29, 1.82) is 0 Å². The van der Waals surface area contributed by atoms with E-state index in [9.17, 15) is 0 Å². The number of hydrogen-bond donors (Lipinski definition) is 0. The van der Waals surface area contributed by atoms with Gasteiger partial charge in [0.1, 0.15) is 0 Å². The van der Waals surface area contributed by atoms with Crippen LogP contribution in [0.25, 0.3) is 33.3 Å². The summed E-state index contributed by atoms with van der Waals surface area (Å²) in [6, 6.07) is 25.5. The van der Waals surface area contributed by atoms with Gasteiger partial charge in [-0.2, -0.15) is 0 Å². The normalized spacial score (nSPS) is 12.0. The second kappa shape index (κ2) is 9.14. The van der Waals surface area contributed by atoms with Crippen LogP contribution in [0.2, 0.25) is 15.8 Å². The molecular formula is C29H30GeN2O. The maximum atomic E-state index is 6.34. The van der Waals surface area contributed by atoms with Gasteiger partial charge in [0, 0.05) is 0 Å². The SMILES string of the molecule is C[CH2][Ge]([CH2]C)([CH2]C)[c]1ccc(-c2cccc3c2oc2nc(Cc4ccccc4)ccc23)nc1. The van der Waals surface area contributed by atoms with Crippen LogP contribution in [0.3, 0.4) is 0 Å². The van der Waals surface area contributed by atoms with Crippen molar-refractivity contribution in [2.75, 3.05) is 0 Å². The fourth-order valence-electron chi connectivity index (χ4n) is 5.05. The first-order valence-corrected chi connectivity index (χ1v) is 17.5. The molecule has 0 bridgehead atoms. The first kappa shape index (κ1) is 21.9. The molecule has 0 atom stereocenters. The molecular weight excluding hydrogens is 465 g/mol. The van der Waals surface area contributed by atoms with E-state index >= 15 is 0 Å². The molecule has 0 spiro atoms. The van der Waals surface area contributed by atoms with Gasteiger partial charge in [0.15, 0.2) is 0 Å². The number of nitrogens with zero attached hydrogens (tertiary/aromatic N) is 2. The Hall–Kier alpha value is -2.92. The van der Waals surface area contributed by atoms with Gasteiger partial charge in [-0.1, -0.05) is 30.3 Å². The van der Waals surface area contributed by atoms with Crippen LogP contribution in [0.4, 0.5) is 0 Å². The summed E-state index contributed by atoms with van der Waals surface area (Å²) in [4.78, 5) is 9.76. The van der Waals surface area contributed by atoms with Gasteiger partial charge in [0.25, 0.3) is 0 Å². The molecule has 4 heteroatoms. The summed E-state index contributed by atoms with van der Waals surface area (Å²) in [6.45, 7) is 7.07. The standard InChI is InChI=1S/C29H30GeN2O/c1-4-30(5-2,6-3)22-15-18-27(31-20-22)26-14-10-13-24-25-17-16-23(32-29(25)33-28(24)26)19-21-11-8-7-9-12-21/h7-18,20H,4-6,19H2,1-3H3. The van der Waals surface area contributed by atoms with Crippen LogP contribution in [-0.4, -0.2) is 23.2 Å². The molecule has 0 N–H and O–H groups in total. The van der Waals surface area contributed by atoms with E-state index in [0.29, 0.717) is 5.71 Å². The molecule has 2 aromatic carbocycles. The van der Waals surface area contributed by atoms with E-state index in [1.807, 2.05) is 6.07 Å². The summed E-state index contributed by atoms with van der Waals surface area (Å²) >= 11 is -2.00. The second-order valence-electron chi connectivity index (χ2n) is 8.88. The summed E-state index contributed by atoms with van der Waals surface area (Å²) in [6.07, 6.45) is 2.94. The van der Waals surface area contributed by atoms with Crippen molar-refractivity contribution in [1.82, 2.24) is 9.97 Å². The average molecular weight is 495 g/mol. The Morgan fingerprint density at radius 1 is 0.758 bits per heavy atom. The molecule has 3 aromatic heterocycles. The predicted octanol–water partition coefficient (Wildman–Crippen LogP) is 7.35. The maximum absolute atomic E-state index is 6.34. The van der Waals surface area contributed by atoms with Crippen LogP contribution in [0.1, 0.15) is 32.0 Å². The van der Waals surface area contributed by atoms with E-state index in [-0.39, 0.29) is 0 Å². The fraction of sp³-hybridized carbons (Fsp3) is 0.241. The Morgan fingerprint density at radius 3 is 2.24 bits per heavy atom. The summed E-state index contributed by atoms with van der Waals surface area (Å²) in [7, 11) is 0. The number of furan rings is 1. The van der Waals surface area contributed by atoms with Crippen molar-refractivity contribution in [3.8, 4) is 11.3 Å². The summed E-state index contributed by atoms with van der Waals surface area (Å²) in [5.41, 5.74) is 5.82. The number of para-hydroxylation sites is 1. The van der Waals surface area contributed by atoms with Crippen molar-refractivity contribution < 1.29 is 4.42 Å². The molecule has 0 unspecified atom stereocenters. The molecule has 0 aliphatic carbocycles. The molecule has 5 aromatic rings. The second-order valence-corrected chi connectivity index (χ2v) is 19.9. The molecule has 0 aliphatic heterocycles. The minimum atomic E-state index is -2.00. The number of hydrogen-bond acceptors (Lipinski definition) is 3. The van der Waals surface area contributed by atoms with Crippen molar-refractivity contribution in [2.45, 2.75) is 43.0 Å². The van der Waals surface area contributed by atoms with Gasteiger partial charge in [0.2, 0.25) is 0 Å². The number of fused-ring (bicyclic) bond motifs is 3. The molecule has 0 saturated carbocycles. The molecule has 0 aliphatic rings. The van der Waals surface area contributed by atoms with Crippen LogP contribution < -0.4 is 4.40 Å². The van der Waals surface area contributed by atoms with E-state index in [1.165, 1.54) is 25.7 Å². The van der Waals surface area contributed by atoms with Gasteiger partial charge in [0.05, 0.1) is 0 Å². The van der Waals surface area contributed by atoms with E-state index < -0.39 is 13.3 Å². The van der Waals surface area contributed by atoms with E-state index in [1.54, 1.807) is 0 Å². The zero-order valence-corrected chi connectivity index (χ0v) is 21.7. The van der Waals surface area contributed by atoms with Crippen LogP contribution in [0.15, 0.2) is 83.4 Å². The summed E-state index contributed by atoms with van der Waals surface area (Å²) in [5.74, 6) is 0. The zero-order valence-electron chi connectivity index (χ0n) is 19.6. The van der Waals surface area contributed by atoms with Crippen LogP contribution >= 0.6 is 0 Å². The molecule has 0 amide bonds. The Labute approximate surface area is 198 Å². The minimum absolute atomic E-state index is 0.694. The van der Waals surface area contributed by atoms with Gasteiger partial charge in [-0.25, -0.2) is 0 Å². The molecule has 0 radical (unpaired) electrons. The van der Waals surface area contributed by atoms with Crippen LogP contribution in [-0.2, 0) is 6.42 Å². The fourth-order valence-corrected chi connectivity index (χ4v) is 12.4. The molecule has 0 saturated heterocycles. The number of benzene rings is 2. The zero-order chi connectivity index (χ0) is 22.8. The number of pyridine rings is 2. The first-order valence-electron chi connectivity index (χ1n) is 12.0. The van der Waals surface area contributed by atoms with Gasteiger partial charge >= 0.3 is 168 Å². The third-order valence-corrected chi connectivity index (χ3v) is 19.0. The number of rotatable bonds is 7. The summed E-state index contributed by atoms with van der Waals surface area (Å²) in [5, 5.41) is 6.07. The number of aromatic nitrogens is 2. The first-order chi connectivity index (χ1) is 16.2. The van der Waals surface area contributed by atoms with Crippen molar-refractivity contribution >= 4 is 39.7 Å². The third-order valence-electron chi connectivity index (χ3n) is 7.33. The van der Waals surface area contributed by atoms with Crippen molar-refractivity contribution in [2.24, 2.45) is 0 Å². The average Bonchev–Trinajstić information content (AvgIpc) is 3.24. The van der Waals surface area contributed by atoms with Crippen LogP contribution in [0, 0.1) is 0 Å². The molecule has 3 nitrogen and oxygen atoms in total. The molecule has 0 fully saturated rings. The van der Waals surface area contributed by atoms with Crippen molar-refractivity contribution in [3.05, 3.63) is 90.3 Å². The molecule has 33 heavy (non-hydrogen) atoms. The summed E-state index contributed by atoms with van der Waals surface area (Å²) < 4.78 is 7.85. The van der Waals surface area contributed by atoms with Gasteiger partial charge < -0.3 is 0 Å². The Kier molecular flexibility index (Phi) is 6.07. The monoisotopic (exact) mass is 496 g/mol. The molecule has 3 heterocycles. The van der Waals surface area contributed by atoms with Crippen LogP contribution in [0.5, 0.6) is 0 Å². The van der Waals surface area contributed by atoms with Gasteiger partial charge in [-0.3, -0.25) is 0 Å². The quantitative estimate of drug-likeness (QED) is 0.222. The van der Waals surface area contributed by atoms with Gasteiger partial charge in [-0.05, 0) is 0 Å². The molecule has 166 valence electrons. The Morgan fingerprint density at radius 2 is 1.55 bits per heavy atom. The molecule has 5 rings (SSSR count). The van der Waals surface area contributed by atoms with Crippen molar-refractivity contribution in [3.63, 3.8) is 0 Å². The van der Waals surface area contributed by atoms with E-state index in [4.69, 9.17) is 14.4 Å². The predicted molar refractivity (Wildman–Crippen MR) is 141 cm³/mol. The Bertz CT molecular complexity index is 1380. The Balaban J connectivity index is 1.54. The third kappa shape index (κ3) is 3.99. The van der Waals surface area contributed by atoms with E-state index in [0.717, 1.165) is 39.7 Å². The van der Waals surface area contributed by atoms with Gasteiger partial charge in [-0.15, -0.1) is 0 Å². The van der Waals surface area contributed by atoms with E-state index in [2.05, 4.69) is 93.7 Å². The topological polar surface area (TPSA) is 38.9 Å².